The lowest BCUT2D eigenvalue weighted by molar-refractivity contribution is 0.303. The molecule has 2 aromatic rings. The largest absolute Gasteiger partial charge is 0.494 e. The number of hydrogen-bond acceptors (Lipinski definition) is 5. The Morgan fingerprint density at radius 1 is 1.22 bits per heavy atom. The first-order valence-electron chi connectivity index (χ1n) is 7.36. The van der Waals surface area contributed by atoms with Crippen molar-refractivity contribution >= 4 is 21.4 Å². The quantitative estimate of drug-likeness (QED) is 0.792. The van der Waals surface area contributed by atoms with Gasteiger partial charge < -0.3 is 9.64 Å². The Balaban J connectivity index is 2.08. The molecule has 7 heteroatoms. The summed E-state index contributed by atoms with van der Waals surface area (Å²) in [5.41, 5.74) is 0. The first kappa shape index (κ1) is 17.9. The summed E-state index contributed by atoms with van der Waals surface area (Å²) >= 11 is 1.62. The molecule has 0 saturated heterocycles. The minimum Gasteiger partial charge on any atom is -0.494 e. The van der Waals surface area contributed by atoms with Gasteiger partial charge in [-0.1, -0.05) is 6.07 Å². The molecular weight excluding hydrogens is 332 g/mol. The standard InChI is InChI=1S/C16H22N2O3S2/c1-4-21-13-7-9-14(10-8-13)23(19,20)17-12-15(18(2)3)16-6-5-11-22-16/h5-11,15,17H,4,12H2,1-3H3/t15-/m0/s1. The number of likely N-dealkylation sites (N-methyl/N-ethyl adjacent to an activating group) is 1. The molecule has 1 atom stereocenters. The summed E-state index contributed by atoms with van der Waals surface area (Å²) in [6, 6.07) is 10.4. The van der Waals surface area contributed by atoms with E-state index in [1.165, 1.54) is 0 Å². The van der Waals surface area contributed by atoms with Crippen molar-refractivity contribution in [1.29, 1.82) is 0 Å². The minimum atomic E-state index is -3.54. The van der Waals surface area contributed by atoms with Gasteiger partial charge in [0.2, 0.25) is 10.0 Å². The lowest BCUT2D eigenvalue weighted by Crippen LogP contribution is -2.34. The molecule has 2 rings (SSSR count). The van der Waals surface area contributed by atoms with Crippen molar-refractivity contribution in [2.45, 2.75) is 17.9 Å². The summed E-state index contributed by atoms with van der Waals surface area (Å²) in [5, 5.41) is 1.99. The van der Waals surface area contributed by atoms with Gasteiger partial charge in [-0.2, -0.15) is 0 Å². The molecule has 0 amide bonds. The number of benzene rings is 1. The fraction of sp³-hybridized carbons (Fsp3) is 0.375. The summed E-state index contributed by atoms with van der Waals surface area (Å²) in [6.07, 6.45) is 0. The maximum absolute atomic E-state index is 12.4. The van der Waals surface area contributed by atoms with E-state index in [4.69, 9.17) is 4.74 Å². The van der Waals surface area contributed by atoms with Crippen molar-refractivity contribution < 1.29 is 13.2 Å². The third kappa shape index (κ3) is 4.78. The molecule has 0 saturated carbocycles. The highest BCUT2D eigenvalue weighted by Crippen LogP contribution is 2.23. The molecule has 0 spiro atoms. The number of hydrogen-bond donors (Lipinski definition) is 1. The van der Waals surface area contributed by atoms with E-state index >= 15 is 0 Å². The van der Waals surface area contributed by atoms with E-state index in [1.807, 2.05) is 43.4 Å². The van der Waals surface area contributed by atoms with E-state index in [9.17, 15) is 8.42 Å². The Morgan fingerprint density at radius 3 is 2.43 bits per heavy atom. The van der Waals surface area contributed by atoms with Crippen molar-refractivity contribution in [3.8, 4) is 5.75 Å². The molecule has 1 aromatic heterocycles. The van der Waals surface area contributed by atoms with Gasteiger partial charge in [-0.15, -0.1) is 11.3 Å². The van der Waals surface area contributed by atoms with Crippen LogP contribution in [0.1, 0.15) is 17.8 Å². The van der Waals surface area contributed by atoms with E-state index in [0.29, 0.717) is 18.9 Å². The van der Waals surface area contributed by atoms with Crippen molar-refractivity contribution in [1.82, 2.24) is 9.62 Å². The smallest absolute Gasteiger partial charge is 0.240 e. The summed E-state index contributed by atoms with van der Waals surface area (Å²) in [5.74, 6) is 0.663. The van der Waals surface area contributed by atoms with Gasteiger partial charge in [0.15, 0.2) is 0 Å². The van der Waals surface area contributed by atoms with Crippen LogP contribution in [-0.4, -0.2) is 40.6 Å². The van der Waals surface area contributed by atoms with Crippen LogP contribution in [0.15, 0.2) is 46.7 Å². The van der Waals surface area contributed by atoms with Crippen molar-refractivity contribution in [2.24, 2.45) is 0 Å². The van der Waals surface area contributed by atoms with Gasteiger partial charge in [0.25, 0.3) is 0 Å². The number of sulfonamides is 1. The highest BCUT2D eigenvalue weighted by Gasteiger charge is 2.20. The molecule has 0 fully saturated rings. The monoisotopic (exact) mass is 354 g/mol. The second-order valence-electron chi connectivity index (χ2n) is 5.25. The molecule has 1 aromatic carbocycles. The van der Waals surface area contributed by atoms with E-state index in [1.54, 1.807) is 35.6 Å². The molecule has 23 heavy (non-hydrogen) atoms. The van der Waals surface area contributed by atoms with Crippen LogP contribution in [0.25, 0.3) is 0 Å². The zero-order chi connectivity index (χ0) is 16.9. The van der Waals surface area contributed by atoms with Crippen LogP contribution >= 0.6 is 11.3 Å². The third-order valence-electron chi connectivity index (χ3n) is 3.41. The molecule has 1 heterocycles. The maximum atomic E-state index is 12.4. The van der Waals surface area contributed by atoms with Gasteiger partial charge in [0, 0.05) is 11.4 Å². The molecule has 0 aliphatic rings. The van der Waals surface area contributed by atoms with Crippen LogP contribution in [0, 0.1) is 0 Å². The molecular formula is C16H22N2O3S2. The highest BCUT2D eigenvalue weighted by molar-refractivity contribution is 7.89. The number of ether oxygens (including phenoxy) is 1. The molecule has 0 bridgehead atoms. The fourth-order valence-electron chi connectivity index (χ4n) is 2.17. The zero-order valence-electron chi connectivity index (χ0n) is 13.5. The van der Waals surface area contributed by atoms with Crippen molar-refractivity contribution in [3.63, 3.8) is 0 Å². The average molecular weight is 354 g/mol. The second kappa shape index (κ2) is 7.92. The molecule has 5 nitrogen and oxygen atoms in total. The van der Waals surface area contributed by atoms with Gasteiger partial charge in [0.05, 0.1) is 17.5 Å². The van der Waals surface area contributed by atoms with Crippen molar-refractivity contribution in [2.75, 3.05) is 27.2 Å². The summed E-state index contributed by atoms with van der Waals surface area (Å²) in [7, 11) is 0.341. The normalized spacial score (nSPS) is 13.2. The second-order valence-corrected chi connectivity index (χ2v) is 8.00. The Labute approximate surface area is 142 Å². The van der Waals surface area contributed by atoms with E-state index in [-0.39, 0.29) is 10.9 Å². The summed E-state index contributed by atoms with van der Waals surface area (Å²) in [6.45, 7) is 2.76. The number of rotatable bonds is 8. The van der Waals surface area contributed by atoms with Gasteiger partial charge in [-0.05, 0) is 56.7 Å². The van der Waals surface area contributed by atoms with Crippen LogP contribution in [-0.2, 0) is 10.0 Å². The maximum Gasteiger partial charge on any atom is 0.240 e. The Kier molecular flexibility index (Phi) is 6.17. The van der Waals surface area contributed by atoms with E-state index in [2.05, 4.69) is 4.72 Å². The SMILES string of the molecule is CCOc1ccc(S(=O)(=O)NC[C@@H](c2cccs2)N(C)C)cc1. The average Bonchev–Trinajstić information content (AvgIpc) is 3.02. The third-order valence-corrected chi connectivity index (χ3v) is 5.82. The van der Waals surface area contributed by atoms with Gasteiger partial charge in [0.1, 0.15) is 5.75 Å². The number of nitrogens with one attached hydrogen (secondary N) is 1. The van der Waals surface area contributed by atoms with Crippen molar-refractivity contribution in [3.05, 3.63) is 46.7 Å². The van der Waals surface area contributed by atoms with Crippen LogP contribution in [0.2, 0.25) is 0 Å². The van der Waals surface area contributed by atoms with Crippen LogP contribution in [0.3, 0.4) is 0 Å². The predicted molar refractivity (Wildman–Crippen MR) is 93.5 cm³/mol. The first-order chi connectivity index (χ1) is 10.9. The minimum absolute atomic E-state index is 0.00692. The fourth-order valence-corrected chi connectivity index (χ4v) is 4.13. The Morgan fingerprint density at radius 2 is 1.91 bits per heavy atom. The van der Waals surface area contributed by atoms with Crippen LogP contribution < -0.4 is 9.46 Å². The Hall–Kier alpha value is -1.41. The van der Waals surface area contributed by atoms with E-state index in [0.717, 1.165) is 4.88 Å². The van der Waals surface area contributed by atoms with Crippen LogP contribution in [0.5, 0.6) is 5.75 Å². The molecule has 1 N–H and O–H groups in total. The Bertz CT molecular complexity index is 695. The zero-order valence-corrected chi connectivity index (χ0v) is 15.2. The summed E-state index contributed by atoms with van der Waals surface area (Å²) in [4.78, 5) is 3.38. The lowest BCUT2D eigenvalue weighted by Gasteiger charge is -2.23. The summed E-state index contributed by atoms with van der Waals surface area (Å²) < 4.78 is 32.9. The van der Waals surface area contributed by atoms with Gasteiger partial charge in [-0.3, -0.25) is 0 Å². The lowest BCUT2D eigenvalue weighted by atomic mass is 10.2. The van der Waals surface area contributed by atoms with Gasteiger partial charge in [-0.25, -0.2) is 13.1 Å². The molecule has 0 aliphatic heterocycles. The number of thiophene rings is 1. The topological polar surface area (TPSA) is 58.6 Å². The van der Waals surface area contributed by atoms with E-state index < -0.39 is 10.0 Å². The first-order valence-corrected chi connectivity index (χ1v) is 9.72. The molecule has 0 unspecified atom stereocenters. The molecule has 0 radical (unpaired) electrons. The van der Waals surface area contributed by atoms with Gasteiger partial charge >= 0.3 is 0 Å². The van der Waals surface area contributed by atoms with Crippen LogP contribution in [0.4, 0.5) is 0 Å². The molecule has 126 valence electrons. The highest BCUT2D eigenvalue weighted by atomic mass is 32.2. The molecule has 0 aliphatic carbocycles. The number of nitrogens with zero attached hydrogens (tertiary/aromatic N) is 1. The predicted octanol–water partition coefficient (Wildman–Crippen LogP) is 2.73.